The lowest BCUT2D eigenvalue weighted by Gasteiger charge is -2.25. The fourth-order valence-electron chi connectivity index (χ4n) is 1.96. The van der Waals surface area contributed by atoms with Gasteiger partial charge in [0.1, 0.15) is 6.10 Å². The molecule has 1 aromatic rings. The van der Waals surface area contributed by atoms with E-state index in [9.17, 15) is 0 Å². The fourth-order valence-corrected chi connectivity index (χ4v) is 2.66. The standard InChI is InChI=1S/C13H16BrClO3/c14-9-13(17-8-12(7-16)18-13)6-5-10-1-3-11(15)4-2-10/h1-4,12,16H,5-9H2. The van der Waals surface area contributed by atoms with Crippen LogP contribution in [0.15, 0.2) is 24.3 Å². The molecule has 0 saturated carbocycles. The zero-order valence-electron chi connectivity index (χ0n) is 9.94. The van der Waals surface area contributed by atoms with Crippen LogP contribution < -0.4 is 0 Å². The van der Waals surface area contributed by atoms with Crippen molar-refractivity contribution in [3.05, 3.63) is 34.9 Å². The second kappa shape index (κ2) is 6.35. The van der Waals surface area contributed by atoms with Crippen molar-refractivity contribution in [2.24, 2.45) is 0 Å². The van der Waals surface area contributed by atoms with E-state index in [0.29, 0.717) is 11.9 Å². The second-order valence-electron chi connectivity index (χ2n) is 4.40. The molecule has 0 amide bonds. The predicted octanol–water partition coefficient (Wildman–Crippen LogP) is 2.77. The highest BCUT2D eigenvalue weighted by Gasteiger charge is 2.39. The molecule has 18 heavy (non-hydrogen) atoms. The molecule has 0 bridgehead atoms. The molecule has 2 rings (SSSR count). The van der Waals surface area contributed by atoms with Crippen molar-refractivity contribution in [1.82, 2.24) is 0 Å². The van der Waals surface area contributed by atoms with Gasteiger partial charge in [-0.05, 0) is 24.1 Å². The van der Waals surface area contributed by atoms with Gasteiger partial charge in [0.2, 0.25) is 0 Å². The number of alkyl halides is 1. The van der Waals surface area contributed by atoms with Crippen molar-refractivity contribution in [2.75, 3.05) is 18.5 Å². The number of hydrogen-bond acceptors (Lipinski definition) is 3. The van der Waals surface area contributed by atoms with Crippen LogP contribution in [0.1, 0.15) is 12.0 Å². The summed E-state index contributed by atoms with van der Waals surface area (Å²) in [6.45, 7) is 0.443. The average molecular weight is 336 g/mol. The van der Waals surface area contributed by atoms with Gasteiger partial charge in [0.25, 0.3) is 0 Å². The van der Waals surface area contributed by atoms with E-state index in [0.717, 1.165) is 17.9 Å². The van der Waals surface area contributed by atoms with Crippen LogP contribution in [0.2, 0.25) is 5.02 Å². The maximum atomic E-state index is 9.07. The Kier molecular flexibility index (Phi) is 5.04. The van der Waals surface area contributed by atoms with Gasteiger partial charge in [-0.2, -0.15) is 0 Å². The molecule has 0 radical (unpaired) electrons. The van der Waals surface area contributed by atoms with E-state index in [4.69, 9.17) is 26.2 Å². The van der Waals surface area contributed by atoms with Gasteiger partial charge in [-0.25, -0.2) is 0 Å². The van der Waals surface area contributed by atoms with Crippen LogP contribution in [0.3, 0.4) is 0 Å². The first-order valence-electron chi connectivity index (χ1n) is 5.90. The van der Waals surface area contributed by atoms with E-state index >= 15 is 0 Å². The number of aliphatic hydroxyl groups excluding tert-OH is 1. The number of hydrogen-bond donors (Lipinski definition) is 1. The largest absolute Gasteiger partial charge is 0.394 e. The minimum absolute atomic E-state index is 0.00427. The number of rotatable bonds is 5. The predicted molar refractivity (Wildman–Crippen MR) is 74.2 cm³/mol. The van der Waals surface area contributed by atoms with E-state index in [1.165, 1.54) is 5.56 Å². The van der Waals surface area contributed by atoms with Gasteiger partial charge < -0.3 is 14.6 Å². The summed E-state index contributed by atoms with van der Waals surface area (Å²) in [6, 6.07) is 7.76. The highest BCUT2D eigenvalue weighted by Crippen LogP contribution is 2.30. The van der Waals surface area contributed by atoms with Gasteiger partial charge in [0.15, 0.2) is 5.79 Å². The minimum Gasteiger partial charge on any atom is -0.394 e. The van der Waals surface area contributed by atoms with Crippen LogP contribution in [0.4, 0.5) is 0 Å². The first kappa shape index (κ1) is 14.3. The van der Waals surface area contributed by atoms with E-state index in [2.05, 4.69) is 15.9 Å². The Morgan fingerprint density at radius 2 is 2.11 bits per heavy atom. The Labute approximate surface area is 120 Å². The molecule has 5 heteroatoms. The summed E-state index contributed by atoms with van der Waals surface area (Å²) in [5.41, 5.74) is 1.19. The highest BCUT2D eigenvalue weighted by atomic mass is 79.9. The molecule has 0 aromatic heterocycles. The molecule has 1 aliphatic heterocycles. The summed E-state index contributed by atoms with van der Waals surface area (Å²) in [7, 11) is 0. The van der Waals surface area contributed by atoms with Crippen LogP contribution >= 0.6 is 27.5 Å². The quantitative estimate of drug-likeness (QED) is 0.841. The molecule has 0 aliphatic carbocycles. The van der Waals surface area contributed by atoms with Crippen LogP contribution in [0, 0.1) is 0 Å². The third kappa shape index (κ3) is 3.45. The highest BCUT2D eigenvalue weighted by molar-refractivity contribution is 9.09. The summed E-state index contributed by atoms with van der Waals surface area (Å²) in [6.07, 6.45) is 1.38. The summed E-state index contributed by atoms with van der Waals surface area (Å²) in [4.78, 5) is 0. The topological polar surface area (TPSA) is 38.7 Å². The molecule has 2 unspecified atom stereocenters. The summed E-state index contributed by atoms with van der Waals surface area (Å²) >= 11 is 9.27. The summed E-state index contributed by atoms with van der Waals surface area (Å²) in [5.74, 6) is -0.618. The van der Waals surface area contributed by atoms with Crippen molar-refractivity contribution >= 4 is 27.5 Å². The SMILES string of the molecule is OCC1COC(CBr)(CCc2ccc(Cl)cc2)O1. The summed E-state index contributed by atoms with van der Waals surface area (Å²) < 4.78 is 11.4. The molecule has 1 N–H and O–H groups in total. The Morgan fingerprint density at radius 3 is 2.67 bits per heavy atom. The second-order valence-corrected chi connectivity index (χ2v) is 5.40. The van der Waals surface area contributed by atoms with Crippen LogP contribution in [-0.4, -0.2) is 35.5 Å². The van der Waals surface area contributed by atoms with Crippen molar-refractivity contribution in [1.29, 1.82) is 0 Å². The molecule has 1 saturated heterocycles. The molecule has 1 aromatic carbocycles. The Morgan fingerprint density at radius 1 is 1.39 bits per heavy atom. The Bertz CT molecular complexity index is 384. The van der Waals surface area contributed by atoms with Gasteiger partial charge in [0.05, 0.1) is 18.5 Å². The summed E-state index contributed by atoms with van der Waals surface area (Å²) in [5, 5.41) is 10.4. The molecular formula is C13H16BrClO3. The maximum Gasteiger partial charge on any atom is 0.178 e. The van der Waals surface area contributed by atoms with Crippen LogP contribution in [-0.2, 0) is 15.9 Å². The smallest absolute Gasteiger partial charge is 0.178 e. The van der Waals surface area contributed by atoms with Crippen LogP contribution in [0.25, 0.3) is 0 Å². The number of aryl methyl sites for hydroxylation is 1. The number of halogens is 2. The monoisotopic (exact) mass is 334 g/mol. The van der Waals surface area contributed by atoms with E-state index in [1.807, 2.05) is 24.3 Å². The Hall–Kier alpha value is -0.130. The van der Waals surface area contributed by atoms with Crippen molar-refractivity contribution < 1.29 is 14.6 Å². The van der Waals surface area contributed by atoms with Gasteiger partial charge in [-0.15, -0.1) is 0 Å². The number of benzene rings is 1. The van der Waals surface area contributed by atoms with E-state index in [-0.39, 0.29) is 12.7 Å². The van der Waals surface area contributed by atoms with Crippen molar-refractivity contribution in [2.45, 2.75) is 24.7 Å². The minimum atomic E-state index is -0.618. The molecule has 1 heterocycles. The van der Waals surface area contributed by atoms with Gasteiger partial charge in [-0.1, -0.05) is 39.7 Å². The molecule has 0 spiro atoms. The lowest BCUT2D eigenvalue weighted by Crippen LogP contribution is -2.34. The first-order chi connectivity index (χ1) is 8.67. The molecule has 1 aliphatic rings. The van der Waals surface area contributed by atoms with Crippen molar-refractivity contribution in [3.63, 3.8) is 0 Å². The molecule has 1 fully saturated rings. The fraction of sp³-hybridized carbons (Fsp3) is 0.538. The number of ether oxygens (including phenoxy) is 2. The molecular weight excluding hydrogens is 319 g/mol. The van der Waals surface area contributed by atoms with E-state index < -0.39 is 5.79 Å². The van der Waals surface area contributed by atoms with Gasteiger partial charge in [0, 0.05) is 11.4 Å². The van der Waals surface area contributed by atoms with Crippen LogP contribution in [0.5, 0.6) is 0 Å². The average Bonchev–Trinajstić information content (AvgIpc) is 2.83. The third-order valence-corrected chi connectivity index (χ3v) is 4.14. The lowest BCUT2D eigenvalue weighted by atomic mass is 10.1. The van der Waals surface area contributed by atoms with Gasteiger partial charge >= 0.3 is 0 Å². The molecule has 3 nitrogen and oxygen atoms in total. The Balaban J connectivity index is 1.93. The molecule has 100 valence electrons. The van der Waals surface area contributed by atoms with Gasteiger partial charge in [-0.3, -0.25) is 0 Å². The molecule has 2 atom stereocenters. The third-order valence-electron chi connectivity index (χ3n) is 3.03. The number of aliphatic hydroxyl groups is 1. The zero-order valence-corrected chi connectivity index (χ0v) is 12.3. The van der Waals surface area contributed by atoms with Crippen molar-refractivity contribution in [3.8, 4) is 0 Å². The first-order valence-corrected chi connectivity index (χ1v) is 7.40. The zero-order chi connectivity index (χ0) is 13.0. The normalized spacial score (nSPS) is 27.6. The maximum absolute atomic E-state index is 9.07. The lowest BCUT2D eigenvalue weighted by molar-refractivity contribution is -0.156. The van der Waals surface area contributed by atoms with E-state index in [1.54, 1.807) is 0 Å².